The number of nitrogens with one attached hydrogen (secondary N) is 2. The number of hydrogen-bond acceptors (Lipinski definition) is 16. The fourth-order valence-electron chi connectivity index (χ4n) is 16.3. The number of pyridine rings is 2. The molecule has 19 nitrogen and oxygen atoms in total. The summed E-state index contributed by atoms with van der Waals surface area (Å²) in [6, 6.07) is 49.3. The van der Waals surface area contributed by atoms with E-state index in [1.54, 1.807) is 31.8 Å². The third-order valence-electron chi connectivity index (χ3n) is 22.2. The van der Waals surface area contributed by atoms with Crippen LogP contribution in [0.4, 0.5) is 17.2 Å². The molecule has 544 valence electrons. The Morgan fingerprint density at radius 3 is 1.89 bits per heavy atom. The number of ether oxygens (including phenoxy) is 3. The molecule has 0 spiro atoms. The van der Waals surface area contributed by atoms with Gasteiger partial charge in [-0.05, 0) is 184 Å². The van der Waals surface area contributed by atoms with Gasteiger partial charge in [0.05, 0.1) is 40.8 Å². The number of anilines is 3. The monoisotopic (exact) mass is 1430 g/mol. The molecule has 2 unspecified atom stereocenters. The van der Waals surface area contributed by atoms with Crippen molar-refractivity contribution in [2.75, 3.05) is 109 Å². The Morgan fingerprint density at radius 1 is 0.667 bits per heavy atom. The van der Waals surface area contributed by atoms with Gasteiger partial charge in [0, 0.05) is 136 Å². The number of rotatable bonds is 23. The average Bonchev–Trinajstić information content (AvgIpc) is 1.61. The number of aliphatic imine (C=N–C) groups is 1. The predicted molar refractivity (Wildman–Crippen MR) is 421 cm³/mol. The molecular weight excluding hydrogens is 1330 g/mol. The van der Waals surface area contributed by atoms with Gasteiger partial charge in [-0.15, -0.1) is 0 Å². The van der Waals surface area contributed by atoms with E-state index in [1.807, 2.05) is 85.1 Å². The summed E-state index contributed by atoms with van der Waals surface area (Å²) in [4.78, 5) is 44.6. The summed E-state index contributed by atoms with van der Waals surface area (Å²) >= 11 is 6.08. The van der Waals surface area contributed by atoms with Gasteiger partial charge in [-0.3, -0.25) is 19.6 Å². The number of likely N-dealkylation sites (tertiary alicyclic amines) is 2. The lowest BCUT2D eigenvalue weighted by Crippen LogP contribution is -2.50. The number of aliphatic hydroxyl groups excluding tert-OH is 1. The number of nitrogen functional groups attached to an aromatic ring is 2. The van der Waals surface area contributed by atoms with Crippen LogP contribution >= 0.6 is 11.6 Å². The van der Waals surface area contributed by atoms with Crippen molar-refractivity contribution in [1.82, 2.24) is 48.7 Å². The molecule has 0 bridgehead atoms. The highest BCUT2D eigenvalue weighted by Crippen LogP contribution is 2.46. The standard InChI is InChI=1S/C29H36ClN5O3.C29H32N4O.C27H29N5O/c1-19-14-23(35-10-8-34(9-11-35)12-13-38-2)16-21-17-25(33-28(19)21)27-24(6-7-31-29(27)37)32-18-26(36)20-4-3-5-22(30)15-20;30-27-11-12-31-29-28(27)26(19-33(29)24-15-22(16-24)18-32-13-4-5-14-32)23-9-6-10-25(17-23)34-20-21-7-2-1-3-8-21;28-26-25-24(21-8-4-9-23(14-21)33-17-19-6-2-1-3-7-19)16-32(27(25)30-18-29-26)22-12-20(13-22)15-31-10-5-11-31/h3-7,15-16,23,26,36H,8-14,17-18H2,1-2H3,(H2,31,32,37);1-3,6-12,17,19,22,24H,4-5,13-16,18,20H2,(H2,30,31);1-4,6-9,14,16,18,20,22H,5,10-13,15,17H2,(H2,28,29,30). The highest BCUT2D eigenvalue weighted by Gasteiger charge is 2.37. The Labute approximate surface area is 620 Å². The highest BCUT2D eigenvalue weighted by molar-refractivity contribution is 6.30. The van der Waals surface area contributed by atoms with E-state index in [2.05, 4.69) is 129 Å². The molecule has 105 heavy (non-hydrogen) atoms. The summed E-state index contributed by atoms with van der Waals surface area (Å²) < 4.78 is 22.1. The molecule has 2 saturated carbocycles. The number of allylic oxidation sites excluding steroid dienone is 1. The maximum atomic E-state index is 13.0. The van der Waals surface area contributed by atoms with Crippen molar-refractivity contribution >= 4 is 56.6 Å². The van der Waals surface area contributed by atoms with Crippen LogP contribution in [0.25, 0.3) is 44.3 Å². The molecule has 9 heterocycles. The number of benzene rings is 5. The normalized spacial score (nSPS) is 20.7. The summed E-state index contributed by atoms with van der Waals surface area (Å²) in [7, 11) is 1.75. The summed E-state index contributed by atoms with van der Waals surface area (Å²) in [6.45, 7) is 17.0. The van der Waals surface area contributed by atoms with Gasteiger partial charge in [0.2, 0.25) is 0 Å². The SMILES string of the molecule is COCCN1CCN(C2C=C3CC(c4c(NCC(O)c5cccc(Cl)c5)cc[nH]c4=O)=NC3=C(C)C2)CC1.Nc1ccnc2c1c(-c1cccc(OCc3ccccc3)c1)cn2C1CC(CN2CCCC2)C1.Nc1ncnc2c1c(-c1cccc(OCc3ccccc3)c1)cn2C1CC(CN2CCC2)C1. The third kappa shape index (κ3) is 16.7. The second-order valence-electron chi connectivity index (χ2n) is 29.5. The number of nitrogens with zero attached hydrogens (tertiary/aromatic N) is 10. The maximum absolute atomic E-state index is 13.0. The van der Waals surface area contributed by atoms with Gasteiger partial charge in [-0.2, -0.15) is 0 Å². The number of methoxy groups -OCH3 is 1. The summed E-state index contributed by atoms with van der Waals surface area (Å²) in [5.74, 6) is 3.80. The van der Waals surface area contributed by atoms with Crippen molar-refractivity contribution in [2.45, 2.75) is 102 Å². The van der Waals surface area contributed by atoms with E-state index in [0.29, 0.717) is 59.9 Å². The number of aliphatic hydroxyl groups is 1. The lowest BCUT2D eigenvalue weighted by atomic mass is 9.79. The molecule has 7 N–H and O–H groups in total. The summed E-state index contributed by atoms with van der Waals surface area (Å²) in [6.07, 6.45) is 21.6. The molecule has 17 rings (SSSR count). The van der Waals surface area contributed by atoms with Crippen molar-refractivity contribution in [1.29, 1.82) is 0 Å². The lowest BCUT2D eigenvalue weighted by Gasteiger charge is -2.42. The van der Waals surface area contributed by atoms with E-state index in [4.69, 9.17) is 47.3 Å². The maximum Gasteiger partial charge on any atom is 0.259 e. The highest BCUT2D eigenvalue weighted by atomic mass is 35.5. The second kappa shape index (κ2) is 32.9. The second-order valence-corrected chi connectivity index (χ2v) is 29.9. The molecular formula is C85H97ClN14O5. The van der Waals surface area contributed by atoms with Crippen LogP contribution in [0.1, 0.15) is 105 Å². The van der Waals surface area contributed by atoms with Crippen LogP contribution in [0.5, 0.6) is 11.5 Å². The Balaban J connectivity index is 0.000000127. The molecule has 7 aliphatic rings. The summed E-state index contributed by atoms with van der Waals surface area (Å²) in [5.41, 5.74) is 28.2. The number of piperazine rings is 1. The van der Waals surface area contributed by atoms with Gasteiger partial charge in [-0.1, -0.05) is 115 Å². The van der Waals surface area contributed by atoms with E-state index in [9.17, 15) is 9.90 Å². The predicted octanol–water partition coefficient (Wildman–Crippen LogP) is 14.4. The molecule has 5 fully saturated rings. The zero-order valence-corrected chi connectivity index (χ0v) is 61.1. The van der Waals surface area contributed by atoms with Gasteiger partial charge in [0.1, 0.15) is 48.2 Å². The van der Waals surface area contributed by atoms with Crippen molar-refractivity contribution in [3.63, 3.8) is 0 Å². The number of fused-ring (bicyclic) bond motifs is 3. The Morgan fingerprint density at radius 2 is 1.28 bits per heavy atom. The van der Waals surface area contributed by atoms with Gasteiger partial charge >= 0.3 is 0 Å². The van der Waals surface area contributed by atoms with Crippen molar-refractivity contribution in [2.24, 2.45) is 16.8 Å². The Kier molecular flexibility index (Phi) is 22.3. The minimum absolute atomic E-state index is 0.188. The quantitative estimate of drug-likeness (QED) is 0.0402. The van der Waals surface area contributed by atoms with Crippen LogP contribution in [-0.4, -0.2) is 158 Å². The molecule has 2 atom stereocenters. The fraction of sp³-hybridized carbons (Fsp3) is 0.376. The fourth-order valence-corrected chi connectivity index (χ4v) is 16.5. The molecule has 5 aromatic carbocycles. The molecule has 3 aliphatic carbocycles. The third-order valence-corrected chi connectivity index (χ3v) is 22.5. The van der Waals surface area contributed by atoms with Crippen LogP contribution in [0.3, 0.4) is 0 Å². The number of aromatic nitrogens is 6. The largest absolute Gasteiger partial charge is 0.489 e. The number of aromatic amines is 1. The number of H-pyrrole nitrogens is 1. The first-order valence-corrected chi connectivity index (χ1v) is 38.0. The van der Waals surface area contributed by atoms with Crippen LogP contribution in [0, 0.1) is 11.8 Å². The van der Waals surface area contributed by atoms with Gasteiger partial charge in [-0.25, -0.2) is 15.0 Å². The first-order chi connectivity index (χ1) is 51.4. The van der Waals surface area contributed by atoms with Gasteiger partial charge in [0.25, 0.3) is 5.56 Å². The molecule has 10 aromatic rings. The first-order valence-electron chi connectivity index (χ1n) is 37.6. The van der Waals surface area contributed by atoms with Crippen LogP contribution in [-0.2, 0) is 18.0 Å². The minimum atomic E-state index is -0.766. The zero-order valence-electron chi connectivity index (χ0n) is 60.3. The topological polar surface area (TPSA) is 219 Å². The van der Waals surface area contributed by atoms with Crippen LogP contribution in [0.15, 0.2) is 209 Å². The number of hydrogen-bond donors (Lipinski definition) is 5. The van der Waals surface area contributed by atoms with Crippen molar-refractivity contribution in [3.05, 3.63) is 237 Å². The van der Waals surface area contributed by atoms with Crippen molar-refractivity contribution < 1.29 is 19.3 Å². The van der Waals surface area contributed by atoms with Gasteiger partial charge in [0.15, 0.2) is 0 Å². The average molecular weight is 1430 g/mol. The van der Waals surface area contributed by atoms with E-state index < -0.39 is 6.10 Å². The number of halogens is 1. The van der Waals surface area contributed by atoms with E-state index in [-0.39, 0.29) is 12.1 Å². The molecule has 4 aliphatic heterocycles. The lowest BCUT2D eigenvalue weighted by molar-refractivity contribution is 0.0842. The molecule has 3 saturated heterocycles. The Bertz CT molecular complexity index is 4790. The molecule has 0 amide bonds. The molecule has 5 aromatic heterocycles. The van der Waals surface area contributed by atoms with Gasteiger partial charge < -0.3 is 60.0 Å². The first kappa shape index (κ1) is 71.2. The Hall–Kier alpha value is -9.44. The summed E-state index contributed by atoms with van der Waals surface area (Å²) in [5, 5.41) is 16.5. The van der Waals surface area contributed by atoms with E-state index in [1.165, 1.54) is 95.4 Å². The van der Waals surface area contributed by atoms with E-state index in [0.717, 1.165) is 147 Å². The number of nitrogens with two attached hydrogens (primary N) is 2. The van der Waals surface area contributed by atoms with Crippen LogP contribution < -0.4 is 31.8 Å². The zero-order chi connectivity index (χ0) is 71.8. The van der Waals surface area contributed by atoms with Crippen molar-refractivity contribution in [3.8, 4) is 33.8 Å². The van der Waals surface area contributed by atoms with E-state index >= 15 is 0 Å². The van der Waals surface area contributed by atoms with Crippen LogP contribution in [0.2, 0.25) is 5.02 Å². The smallest absolute Gasteiger partial charge is 0.259 e. The molecule has 20 heteroatoms. The molecule has 0 radical (unpaired) electrons. The minimum Gasteiger partial charge on any atom is -0.489 e.